The van der Waals surface area contributed by atoms with Crippen molar-refractivity contribution in [1.82, 2.24) is 4.90 Å². The van der Waals surface area contributed by atoms with Crippen molar-refractivity contribution in [2.45, 2.75) is 39.3 Å². The van der Waals surface area contributed by atoms with Crippen molar-refractivity contribution in [3.63, 3.8) is 0 Å². The first kappa shape index (κ1) is 22.3. The highest BCUT2D eigenvalue weighted by atomic mass is 35.5. The Morgan fingerprint density at radius 3 is 2.44 bits per heavy atom. The Balaban J connectivity index is 1.71. The van der Waals surface area contributed by atoms with Crippen LogP contribution >= 0.6 is 11.6 Å². The molecule has 4 rings (SSSR count). The van der Waals surface area contributed by atoms with Crippen LogP contribution in [-0.2, 0) is 11.3 Å². The van der Waals surface area contributed by atoms with Crippen molar-refractivity contribution < 1.29 is 4.79 Å². The third kappa shape index (κ3) is 4.77. The number of carbonyl (C=O) groups excluding carboxylic acids is 1. The van der Waals surface area contributed by atoms with Crippen LogP contribution in [0.3, 0.4) is 0 Å². The Kier molecular flexibility index (Phi) is 6.73. The fraction of sp³-hybridized carbons (Fsp3) is 0.259. The predicted molar refractivity (Wildman–Crippen MR) is 133 cm³/mol. The zero-order valence-electron chi connectivity index (χ0n) is 18.7. The number of aliphatic imine (C=N–C) groups is 1. The van der Waals surface area contributed by atoms with E-state index in [9.17, 15) is 4.79 Å². The number of rotatable bonds is 7. The van der Waals surface area contributed by atoms with E-state index in [1.165, 1.54) is 5.56 Å². The number of halogens is 1. The van der Waals surface area contributed by atoms with Crippen molar-refractivity contribution in [2.75, 3.05) is 11.9 Å². The highest BCUT2D eigenvalue weighted by molar-refractivity contribution is 6.31. The first-order chi connectivity index (χ1) is 15.5. The lowest BCUT2D eigenvalue weighted by Gasteiger charge is -2.24. The van der Waals surface area contributed by atoms with E-state index >= 15 is 0 Å². The minimum Gasteiger partial charge on any atom is -0.325 e. The van der Waals surface area contributed by atoms with E-state index in [1.807, 2.05) is 54.6 Å². The minimum absolute atomic E-state index is 0.0861. The summed E-state index contributed by atoms with van der Waals surface area (Å²) in [7, 11) is 0. The highest BCUT2D eigenvalue weighted by Crippen LogP contribution is 2.37. The standard InChI is InChI=1S/C27H28ClN3O/c1-4-31(18(2)3)17-19-10-13-22(14-11-19)29-26(20-8-6-5-7-9-20)25-23-15-12-21(28)16-24(23)30-27(25)32/h5-16,18,25H,4,17H2,1-3H3,(H,30,32). The SMILES string of the molecule is CCN(Cc1ccc(N=C(c2ccccc2)C2C(=O)Nc3cc(Cl)ccc32)cc1)C(C)C. The fourth-order valence-corrected chi connectivity index (χ4v) is 4.29. The predicted octanol–water partition coefficient (Wildman–Crippen LogP) is 6.43. The number of hydrogen-bond acceptors (Lipinski definition) is 3. The number of nitrogens with one attached hydrogen (secondary N) is 1. The van der Waals surface area contributed by atoms with Gasteiger partial charge in [0.15, 0.2) is 0 Å². The molecule has 0 saturated carbocycles. The van der Waals surface area contributed by atoms with Gasteiger partial charge in [0.1, 0.15) is 5.92 Å². The van der Waals surface area contributed by atoms with Gasteiger partial charge in [-0.05, 0) is 61.3 Å². The van der Waals surface area contributed by atoms with Crippen LogP contribution in [0, 0.1) is 0 Å². The van der Waals surface area contributed by atoms with Crippen LogP contribution in [-0.4, -0.2) is 29.1 Å². The third-order valence-electron chi connectivity index (χ3n) is 5.90. The van der Waals surface area contributed by atoms with Crippen LogP contribution in [0.5, 0.6) is 0 Å². The second-order valence-electron chi connectivity index (χ2n) is 8.34. The molecule has 0 bridgehead atoms. The molecule has 0 fully saturated rings. The molecule has 1 heterocycles. The lowest BCUT2D eigenvalue weighted by molar-refractivity contribution is -0.115. The zero-order valence-corrected chi connectivity index (χ0v) is 19.4. The summed E-state index contributed by atoms with van der Waals surface area (Å²) in [6.45, 7) is 8.53. The van der Waals surface area contributed by atoms with Gasteiger partial charge < -0.3 is 5.32 Å². The molecular formula is C27H28ClN3O. The van der Waals surface area contributed by atoms with Crippen LogP contribution in [0.4, 0.5) is 11.4 Å². The van der Waals surface area contributed by atoms with Gasteiger partial charge in [0.05, 0.1) is 11.4 Å². The van der Waals surface area contributed by atoms with Crippen LogP contribution < -0.4 is 5.32 Å². The normalized spacial score (nSPS) is 15.9. The molecular weight excluding hydrogens is 418 g/mol. The van der Waals surface area contributed by atoms with E-state index in [0.29, 0.717) is 11.1 Å². The van der Waals surface area contributed by atoms with Crippen LogP contribution in [0.25, 0.3) is 0 Å². The maximum absolute atomic E-state index is 13.0. The monoisotopic (exact) mass is 445 g/mol. The van der Waals surface area contributed by atoms with Gasteiger partial charge >= 0.3 is 0 Å². The van der Waals surface area contributed by atoms with Gasteiger partial charge in [-0.1, -0.05) is 67.1 Å². The van der Waals surface area contributed by atoms with Crippen molar-refractivity contribution in [2.24, 2.45) is 4.99 Å². The molecule has 0 spiro atoms. The van der Waals surface area contributed by atoms with Crippen molar-refractivity contribution in [1.29, 1.82) is 0 Å². The molecule has 5 heteroatoms. The quantitative estimate of drug-likeness (QED) is 0.426. The Labute approximate surface area is 194 Å². The van der Waals surface area contributed by atoms with E-state index in [4.69, 9.17) is 16.6 Å². The van der Waals surface area contributed by atoms with Gasteiger partial charge in [0.2, 0.25) is 5.91 Å². The Morgan fingerprint density at radius 1 is 1.06 bits per heavy atom. The third-order valence-corrected chi connectivity index (χ3v) is 6.13. The molecule has 1 N–H and O–H groups in total. The molecule has 1 atom stereocenters. The second-order valence-corrected chi connectivity index (χ2v) is 8.78. The van der Waals surface area contributed by atoms with Crippen molar-refractivity contribution in [3.8, 4) is 0 Å². The summed E-state index contributed by atoms with van der Waals surface area (Å²) in [6.07, 6.45) is 0. The molecule has 1 aliphatic rings. The molecule has 164 valence electrons. The van der Waals surface area contributed by atoms with Gasteiger partial charge in [-0.15, -0.1) is 0 Å². The molecule has 32 heavy (non-hydrogen) atoms. The average molecular weight is 446 g/mol. The van der Waals surface area contributed by atoms with Gasteiger partial charge in [-0.25, -0.2) is 0 Å². The van der Waals surface area contributed by atoms with E-state index in [2.05, 4.69) is 43.1 Å². The Morgan fingerprint density at radius 2 is 1.78 bits per heavy atom. The molecule has 4 nitrogen and oxygen atoms in total. The second kappa shape index (κ2) is 9.68. The van der Waals surface area contributed by atoms with E-state index in [-0.39, 0.29) is 5.91 Å². The van der Waals surface area contributed by atoms with Gasteiger partial charge in [-0.2, -0.15) is 0 Å². The number of benzene rings is 3. The lowest BCUT2D eigenvalue weighted by atomic mass is 9.90. The summed E-state index contributed by atoms with van der Waals surface area (Å²) in [5, 5.41) is 3.56. The molecule has 1 unspecified atom stereocenters. The number of nitrogens with zero attached hydrogens (tertiary/aromatic N) is 2. The van der Waals surface area contributed by atoms with Gasteiger partial charge in [0, 0.05) is 23.3 Å². The van der Waals surface area contributed by atoms with E-state index in [1.54, 1.807) is 6.07 Å². The molecule has 0 aromatic heterocycles. The highest BCUT2D eigenvalue weighted by Gasteiger charge is 2.35. The smallest absolute Gasteiger partial charge is 0.238 e. The maximum atomic E-state index is 13.0. The molecule has 0 saturated heterocycles. The Hall–Kier alpha value is -2.95. The largest absolute Gasteiger partial charge is 0.325 e. The van der Waals surface area contributed by atoms with Gasteiger partial charge in [-0.3, -0.25) is 14.7 Å². The van der Waals surface area contributed by atoms with Crippen LogP contribution in [0.15, 0.2) is 77.8 Å². The zero-order chi connectivity index (χ0) is 22.7. The summed E-state index contributed by atoms with van der Waals surface area (Å²) in [5.41, 5.74) is 5.38. The van der Waals surface area contributed by atoms with Gasteiger partial charge in [0.25, 0.3) is 0 Å². The van der Waals surface area contributed by atoms with Crippen LogP contribution in [0.1, 0.15) is 43.4 Å². The first-order valence-electron chi connectivity index (χ1n) is 11.0. The van der Waals surface area contributed by atoms with E-state index < -0.39 is 5.92 Å². The number of anilines is 1. The maximum Gasteiger partial charge on any atom is 0.238 e. The fourth-order valence-electron chi connectivity index (χ4n) is 4.12. The number of amides is 1. The molecule has 1 amide bonds. The molecule has 3 aromatic rings. The summed E-state index contributed by atoms with van der Waals surface area (Å²) in [4.78, 5) is 20.4. The molecule has 1 aliphatic heterocycles. The summed E-state index contributed by atoms with van der Waals surface area (Å²) >= 11 is 6.14. The average Bonchev–Trinajstić information content (AvgIpc) is 3.11. The lowest BCUT2D eigenvalue weighted by Crippen LogP contribution is -2.29. The summed E-state index contributed by atoms with van der Waals surface area (Å²) in [5.74, 6) is -0.571. The summed E-state index contributed by atoms with van der Waals surface area (Å²) < 4.78 is 0. The van der Waals surface area contributed by atoms with Crippen molar-refractivity contribution in [3.05, 3.63) is 94.5 Å². The molecule has 0 radical (unpaired) electrons. The number of fused-ring (bicyclic) bond motifs is 1. The Bertz CT molecular complexity index is 1120. The summed E-state index contributed by atoms with van der Waals surface area (Å²) in [6, 6.07) is 24.2. The number of carbonyl (C=O) groups is 1. The molecule has 3 aromatic carbocycles. The number of hydrogen-bond donors (Lipinski definition) is 1. The minimum atomic E-state index is -0.485. The topological polar surface area (TPSA) is 44.7 Å². The van der Waals surface area contributed by atoms with Crippen LogP contribution in [0.2, 0.25) is 5.02 Å². The first-order valence-corrected chi connectivity index (χ1v) is 11.4. The molecule has 0 aliphatic carbocycles. The van der Waals surface area contributed by atoms with Crippen molar-refractivity contribution >= 4 is 34.6 Å². The van der Waals surface area contributed by atoms with E-state index in [0.717, 1.165) is 41.3 Å².